The van der Waals surface area contributed by atoms with Crippen molar-refractivity contribution in [3.05, 3.63) is 60.7 Å². The topological polar surface area (TPSA) is 86.4 Å². The van der Waals surface area contributed by atoms with Crippen LogP contribution in [0.3, 0.4) is 0 Å². The van der Waals surface area contributed by atoms with E-state index in [0.29, 0.717) is 18.9 Å². The number of hydrogen-bond donors (Lipinski definition) is 2. The predicted molar refractivity (Wildman–Crippen MR) is 117 cm³/mol. The molecule has 0 unspecified atom stereocenters. The van der Waals surface area contributed by atoms with Gasteiger partial charge >= 0.3 is 0 Å². The van der Waals surface area contributed by atoms with Crippen molar-refractivity contribution in [2.24, 2.45) is 0 Å². The van der Waals surface area contributed by atoms with E-state index < -0.39 is 5.92 Å². The summed E-state index contributed by atoms with van der Waals surface area (Å²) in [5.74, 6) is -1.93. The molecule has 5 heterocycles. The quantitative estimate of drug-likeness (QED) is 0.440. The summed E-state index contributed by atoms with van der Waals surface area (Å²) in [6, 6.07) is 9.88. The van der Waals surface area contributed by atoms with Crippen LogP contribution >= 0.6 is 0 Å². The molecular formula is C23H19F2N7. The van der Waals surface area contributed by atoms with E-state index in [2.05, 4.69) is 30.1 Å². The smallest absolute Gasteiger partial charge is 0.261 e. The molecule has 5 aromatic rings. The lowest BCUT2D eigenvalue weighted by atomic mass is 10.0. The van der Waals surface area contributed by atoms with Gasteiger partial charge in [0.05, 0.1) is 29.3 Å². The van der Waals surface area contributed by atoms with Crippen molar-refractivity contribution in [1.82, 2.24) is 35.0 Å². The third-order valence-electron chi connectivity index (χ3n) is 5.85. The fraction of sp³-hybridized carbons (Fsp3) is 0.217. The number of fused-ring (bicyclic) bond motifs is 2. The average molecular weight is 431 g/mol. The monoisotopic (exact) mass is 431 g/mol. The molecule has 2 N–H and O–H groups in total. The molecular weight excluding hydrogens is 412 g/mol. The van der Waals surface area contributed by atoms with Gasteiger partial charge in [0.25, 0.3) is 5.92 Å². The lowest BCUT2D eigenvalue weighted by Gasteiger charge is -2.15. The summed E-state index contributed by atoms with van der Waals surface area (Å²) < 4.78 is 27.1. The molecule has 32 heavy (non-hydrogen) atoms. The lowest BCUT2D eigenvalue weighted by Crippen LogP contribution is -2.24. The molecule has 0 aliphatic carbocycles. The summed E-state index contributed by atoms with van der Waals surface area (Å²) in [6.45, 7) is 0.659. The average Bonchev–Trinajstić information content (AvgIpc) is 3.49. The standard InChI is InChI=1S/C23H19F2N7/c24-23(25)4-6-32(13-23)12-14-7-16(10-27-9-14)15-1-2-18-17(8-15)21(31-30-18)22-28-19-3-5-26-11-20(19)29-22/h1-3,5,7-11H,4,6,12-13H2,(H,28,29)(H,30,31). The minimum Gasteiger partial charge on any atom is -0.335 e. The van der Waals surface area contributed by atoms with Crippen LogP contribution in [0.15, 0.2) is 55.1 Å². The summed E-state index contributed by atoms with van der Waals surface area (Å²) in [7, 11) is 0. The van der Waals surface area contributed by atoms with Crippen LogP contribution in [0.4, 0.5) is 8.78 Å². The molecule has 160 valence electrons. The maximum atomic E-state index is 13.5. The Hall–Kier alpha value is -3.72. The fourth-order valence-corrected chi connectivity index (χ4v) is 4.28. The minimum atomic E-state index is -2.60. The van der Waals surface area contributed by atoms with Crippen LogP contribution in [-0.4, -0.2) is 54.0 Å². The molecule has 6 rings (SSSR count). The van der Waals surface area contributed by atoms with Crippen molar-refractivity contribution in [2.75, 3.05) is 13.1 Å². The molecule has 4 aromatic heterocycles. The van der Waals surface area contributed by atoms with Crippen LogP contribution in [0.1, 0.15) is 12.0 Å². The van der Waals surface area contributed by atoms with Crippen LogP contribution in [-0.2, 0) is 6.54 Å². The summed E-state index contributed by atoms with van der Waals surface area (Å²) in [6.07, 6.45) is 6.88. The van der Waals surface area contributed by atoms with Gasteiger partial charge in [0.15, 0.2) is 5.82 Å². The SMILES string of the molecule is FC1(F)CCN(Cc2cncc(-c3ccc4[nH]nc(-c5nc6ccncc6[nH]5)c4c3)c2)C1. The summed E-state index contributed by atoms with van der Waals surface area (Å²) in [5, 5.41) is 8.45. The highest BCUT2D eigenvalue weighted by atomic mass is 19.3. The largest absolute Gasteiger partial charge is 0.335 e. The summed E-state index contributed by atoms with van der Waals surface area (Å²) in [5.41, 5.74) is 6.10. The van der Waals surface area contributed by atoms with Crippen LogP contribution in [0.5, 0.6) is 0 Å². The highest BCUT2D eigenvalue weighted by Crippen LogP contribution is 2.31. The van der Waals surface area contributed by atoms with Gasteiger partial charge in [-0.2, -0.15) is 5.10 Å². The van der Waals surface area contributed by atoms with Gasteiger partial charge in [-0.3, -0.25) is 20.0 Å². The molecule has 1 aliphatic heterocycles. The van der Waals surface area contributed by atoms with E-state index in [1.54, 1.807) is 29.7 Å². The van der Waals surface area contributed by atoms with E-state index >= 15 is 0 Å². The van der Waals surface area contributed by atoms with Crippen molar-refractivity contribution >= 4 is 21.9 Å². The zero-order valence-electron chi connectivity index (χ0n) is 17.0. The highest BCUT2D eigenvalue weighted by Gasteiger charge is 2.37. The number of likely N-dealkylation sites (tertiary alicyclic amines) is 1. The first kappa shape index (κ1) is 19.0. The Morgan fingerprint density at radius 3 is 2.78 bits per heavy atom. The number of aromatic amines is 2. The van der Waals surface area contributed by atoms with Crippen LogP contribution in [0.25, 0.3) is 44.6 Å². The van der Waals surface area contributed by atoms with Crippen LogP contribution in [0, 0.1) is 0 Å². The number of hydrogen-bond acceptors (Lipinski definition) is 5. The summed E-state index contributed by atoms with van der Waals surface area (Å²) >= 11 is 0. The van der Waals surface area contributed by atoms with E-state index in [1.807, 2.05) is 30.3 Å². The minimum absolute atomic E-state index is 0.0854. The molecule has 0 amide bonds. The number of nitrogens with zero attached hydrogens (tertiary/aromatic N) is 5. The number of H-pyrrole nitrogens is 2. The number of aromatic nitrogens is 6. The van der Waals surface area contributed by atoms with Crippen LogP contribution in [0.2, 0.25) is 0 Å². The Balaban J connectivity index is 1.34. The second kappa shape index (κ2) is 7.16. The Labute approximate surface area is 181 Å². The summed E-state index contributed by atoms with van der Waals surface area (Å²) in [4.78, 5) is 18.2. The van der Waals surface area contributed by atoms with E-state index in [0.717, 1.165) is 44.3 Å². The van der Waals surface area contributed by atoms with Crippen molar-refractivity contribution in [3.63, 3.8) is 0 Å². The number of nitrogens with one attached hydrogen (secondary N) is 2. The van der Waals surface area contributed by atoms with Gasteiger partial charge in [0.2, 0.25) is 0 Å². The normalized spacial score (nSPS) is 16.3. The molecule has 1 saturated heterocycles. The zero-order valence-corrected chi connectivity index (χ0v) is 17.0. The van der Waals surface area contributed by atoms with Gasteiger partial charge in [0, 0.05) is 49.1 Å². The predicted octanol–water partition coefficient (Wildman–Crippen LogP) is 4.40. The third kappa shape index (κ3) is 3.40. The Bertz CT molecular complexity index is 1410. The number of rotatable bonds is 4. The second-order valence-corrected chi connectivity index (χ2v) is 8.21. The maximum Gasteiger partial charge on any atom is 0.261 e. The van der Waals surface area contributed by atoms with E-state index in [9.17, 15) is 8.78 Å². The first-order chi connectivity index (χ1) is 15.5. The molecule has 0 radical (unpaired) electrons. The molecule has 0 atom stereocenters. The van der Waals surface area contributed by atoms with Crippen LogP contribution < -0.4 is 0 Å². The van der Waals surface area contributed by atoms with Gasteiger partial charge in [0.1, 0.15) is 5.69 Å². The molecule has 7 nitrogen and oxygen atoms in total. The number of alkyl halides is 2. The van der Waals surface area contributed by atoms with E-state index in [1.165, 1.54) is 0 Å². The Morgan fingerprint density at radius 1 is 1.00 bits per heavy atom. The van der Waals surface area contributed by atoms with Crippen molar-refractivity contribution in [2.45, 2.75) is 18.9 Å². The second-order valence-electron chi connectivity index (χ2n) is 8.21. The molecule has 1 aliphatic rings. The third-order valence-corrected chi connectivity index (χ3v) is 5.85. The number of benzene rings is 1. The molecule has 0 bridgehead atoms. The fourth-order valence-electron chi connectivity index (χ4n) is 4.28. The van der Waals surface area contributed by atoms with Crippen molar-refractivity contribution < 1.29 is 8.78 Å². The number of pyridine rings is 2. The highest BCUT2D eigenvalue weighted by molar-refractivity contribution is 5.95. The lowest BCUT2D eigenvalue weighted by molar-refractivity contribution is 0.0115. The van der Waals surface area contributed by atoms with Gasteiger partial charge in [-0.1, -0.05) is 6.07 Å². The molecule has 0 saturated carbocycles. The first-order valence-corrected chi connectivity index (χ1v) is 10.4. The van der Waals surface area contributed by atoms with Crippen molar-refractivity contribution in [3.8, 4) is 22.6 Å². The Morgan fingerprint density at radius 2 is 1.94 bits per heavy atom. The molecule has 1 aromatic carbocycles. The number of imidazole rings is 1. The molecule has 0 spiro atoms. The first-order valence-electron chi connectivity index (χ1n) is 10.4. The van der Waals surface area contributed by atoms with Gasteiger partial charge in [-0.25, -0.2) is 13.8 Å². The maximum absolute atomic E-state index is 13.5. The molecule has 9 heteroatoms. The van der Waals surface area contributed by atoms with Gasteiger partial charge < -0.3 is 4.98 Å². The van der Waals surface area contributed by atoms with E-state index in [-0.39, 0.29) is 13.0 Å². The van der Waals surface area contributed by atoms with Gasteiger partial charge in [-0.15, -0.1) is 0 Å². The van der Waals surface area contributed by atoms with Crippen molar-refractivity contribution in [1.29, 1.82) is 0 Å². The van der Waals surface area contributed by atoms with Gasteiger partial charge in [-0.05, 0) is 35.4 Å². The Kier molecular flexibility index (Phi) is 4.25. The number of halogens is 2. The molecule has 1 fully saturated rings. The zero-order chi connectivity index (χ0) is 21.7. The van der Waals surface area contributed by atoms with E-state index in [4.69, 9.17) is 0 Å².